The quantitative estimate of drug-likeness (QED) is 0.929. The molecule has 20 heavy (non-hydrogen) atoms. The number of carbonyl (C=O) groups excluding carboxylic acids is 1. The van der Waals surface area contributed by atoms with E-state index >= 15 is 0 Å². The number of rotatable bonds is 3. The molecule has 6 heteroatoms. The van der Waals surface area contributed by atoms with Crippen LogP contribution in [0, 0.1) is 25.7 Å². The molecular formula is C14H20N2O3S. The van der Waals surface area contributed by atoms with Gasteiger partial charge in [-0.15, -0.1) is 11.3 Å². The van der Waals surface area contributed by atoms with E-state index in [-0.39, 0.29) is 17.7 Å². The molecular weight excluding hydrogens is 276 g/mol. The highest BCUT2D eigenvalue weighted by atomic mass is 32.1. The highest BCUT2D eigenvalue weighted by Gasteiger charge is 2.30. The fraction of sp³-hybridized carbons (Fsp3) is 0.643. The van der Waals surface area contributed by atoms with Crippen LogP contribution in [0.2, 0.25) is 0 Å². The molecule has 1 fully saturated rings. The zero-order valence-corrected chi connectivity index (χ0v) is 12.9. The largest absolute Gasteiger partial charge is 0.481 e. The van der Waals surface area contributed by atoms with Gasteiger partial charge in [0.2, 0.25) is 0 Å². The summed E-state index contributed by atoms with van der Waals surface area (Å²) in [5.74, 6) is -0.876. The van der Waals surface area contributed by atoms with Crippen LogP contribution in [0.5, 0.6) is 0 Å². The first-order chi connectivity index (χ1) is 9.40. The van der Waals surface area contributed by atoms with Crippen molar-refractivity contribution < 1.29 is 14.7 Å². The van der Waals surface area contributed by atoms with Gasteiger partial charge in [-0.2, -0.15) is 0 Å². The summed E-state index contributed by atoms with van der Waals surface area (Å²) in [4.78, 5) is 30.2. The Balaban J connectivity index is 1.99. The summed E-state index contributed by atoms with van der Waals surface area (Å²) in [6, 6.07) is 0. The van der Waals surface area contributed by atoms with Gasteiger partial charge in [0.15, 0.2) is 0 Å². The number of aromatic nitrogens is 1. The van der Waals surface area contributed by atoms with E-state index in [4.69, 9.17) is 5.11 Å². The van der Waals surface area contributed by atoms with E-state index in [9.17, 15) is 9.59 Å². The SMILES string of the molecule is Cc1nc(C)c(C(=O)N2CCC([C@@H](C)C(=O)O)CC2)s1. The van der Waals surface area contributed by atoms with Gasteiger partial charge in [-0.05, 0) is 32.6 Å². The second kappa shape index (κ2) is 5.91. The molecule has 0 spiro atoms. The van der Waals surface area contributed by atoms with E-state index < -0.39 is 5.97 Å². The first-order valence-corrected chi connectivity index (χ1v) is 7.68. The van der Waals surface area contributed by atoms with E-state index in [1.807, 2.05) is 18.7 Å². The van der Waals surface area contributed by atoms with Crippen LogP contribution in [-0.4, -0.2) is 40.0 Å². The molecule has 1 aliphatic rings. The molecule has 0 saturated carbocycles. The van der Waals surface area contributed by atoms with Gasteiger partial charge in [0, 0.05) is 13.1 Å². The average Bonchev–Trinajstić information content (AvgIpc) is 2.76. The van der Waals surface area contributed by atoms with Crippen molar-refractivity contribution in [3.05, 3.63) is 15.6 Å². The van der Waals surface area contributed by atoms with Crippen molar-refractivity contribution in [2.75, 3.05) is 13.1 Å². The molecule has 0 aliphatic carbocycles. The topological polar surface area (TPSA) is 70.5 Å². The average molecular weight is 296 g/mol. The number of thiazole rings is 1. The summed E-state index contributed by atoms with van der Waals surface area (Å²) in [7, 11) is 0. The number of hydrogen-bond donors (Lipinski definition) is 1. The lowest BCUT2D eigenvalue weighted by atomic mass is 9.85. The Bertz CT molecular complexity index is 518. The minimum Gasteiger partial charge on any atom is -0.481 e. The molecule has 1 aromatic rings. The monoisotopic (exact) mass is 296 g/mol. The molecule has 0 bridgehead atoms. The molecule has 1 aliphatic heterocycles. The second-order valence-electron chi connectivity index (χ2n) is 5.40. The van der Waals surface area contributed by atoms with Crippen molar-refractivity contribution in [1.29, 1.82) is 0 Å². The molecule has 2 heterocycles. The number of hydrogen-bond acceptors (Lipinski definition) is 4. The maximum absolute atomic E-state index is 12.4. The highest BCUT2D eigenvalue weighted by molar-refractivity contribution is 7.13. The number of likely N-dealkylation sites (tertiary alicyclic amines) is 1. The van der Waals surface area contributed by atoms with Crippen molar-refractivity contribution in [3.8, 4) is 0 Å². The molecule has 1 aromatic heterocycles. The zero-order valence-electron chi connectivity index (χ0n) is 12.0. The van der Waals surface area contributed by atoms with Crippen molar-refractivity contribution in [3.63, 3.8) is 0 Å². The molecule has 1 N–H and O–H groups in total. The molecule has 110 valence electrons. The van der Waals surface area contributed by atoms with Crippen LogP contribution in [0.1, 0.15) is 40.1 Å². The third kappa shape index (κ3) is 3.00. The molecule has 0 aromatic carbocycles. The Morgan fingerprint density at radius 2 is 1.95 bits per heavy atom. The Hall–Kier alpha value is -1.43. The molecule has 0 unspecified atom stereocenters. The fourth-order valence-electron chi connectivity index (χ4n) is 2.68. The van der Waals surface area contributed by atoms with Gasteiger partial charge in [0.1, 0.15) is 4.88 Å². The van der Waals surface area contributed by atoms with E-state index in [0.29, 0.717) is 18.0 Å². The molecule has 1 atom stereocenters. The summed E-state index contributed by atoms with van der Waals surface area (Å²) < 4.78 is 0. The number of aliphatic carboxylic acids is 1. The van der Waals surface area contributed by atoms with E-state index in [0.717, 1.165) is 23.5 Å². The molecule has 5 nitrogen and oxygen atoms in total. The smallest absolute Gasteiger partial charge is 0.306 e. The second-order valence-corrected chi connectivity index (χ2v) is 6.61. The normalized spacial score (nSPS) is 18.1. The van der Waals surface area contributed by atoms with Gasteiger partial charge in [0.25, 0.3) is 5.91 Å². The predicted octanol–water partition coefficient (Wildman–Crippen LogP) is 2.33. The van der Waals surface area contributed by atoms with Crippen LogP contribution < -0.4 is 0 Å². The third-order valence-electron chi connectivity index (χ3n) is 4.02. The van der Waals surface area contributed by atoms with Crippen LogP contribution in [0.3, 0.4) is 0 Å². The van der Waals surface area contributed by atoms with Crippen LogP contribution in [0.15, 0.2) is 0 Å². The summed E-state index contributed by atoms with van der Waals surface area (Å²) in [5.41, 5.74) is 0.790. The summed E-state index contributed by atoms with van der Waals surface area (Å²) in [5, 5.41) is 9.94. The number of nitrogens with zero attached hydrogens (tertiary/aromatic N) is 2. The zero-order chi connectivity index (χ0) is 14.9. The summed E-state index contributed by atoms with van der Waals surface area (Å²) >= 11 is 1.43. The van der Waals surface area contributed by atoms with Gasteiger partial charge < -0.3 is 10.0 Å². The van der Waals surface area contributed by atoms with Gasteiger partial charge in [-0.3, -0.25) is 9.59 Å². The van der Waals surface area contributed by atoms with Gasteiger partial charge >= 0.3 is 5.97 Å². The van der Waals surface area contributed by atoms with Crippen LogP contribution >= 0.6 is 11.3 Å². The lowest BCUT2D eigenvalue weighted by Gasteiger charge is -2.33. The Morgan fingerprint density at radius 3 is 2.40 bits per heavy atom. The number of carboxylic acid groups (broad SMARTS) is 1. The Morgan fingerprint density at radius 1 is 1.35 bits per heavy atom. The first kappa shape index (κ1) is 15.0. The van der Waals surface area contributed by atoms with Crippen LogP contribution in [0.4, 0.5) is 0 Å². The maximum atomic E-state index is 12.4. The molecule has 2 rings (SSSR count). The number of piperidine rings is 1. The number of carboxylic acids is 1. The van der Waals surface area contributed by atoms with Crippen molar-refractivity contribution in [2.45, 2.75) is 33.6 Å². The first-order valence-electron chi connectivity index (χ1n) is 6.86. The van der Waals surface area contributed by atoms with E-state index in [1.165, 1.54) is 11.3 Å². The molecule has 0 radical (unpaired) electrons. The van der Waals surface area contributed by atoms with Gasteiger partial charge in [-0.25, -0.2) is 4.98 Å². The minimum absolute atomic E-state index is 0.0366. The van der Waals surface area contributed by atoms with Crippen molar-refractivity contribution in [1.82, 2.24) is 9.88 Å². The third-order valence-corrected chi connectivity index (χ3v) is 5.08. The lowest BCUT2D eigenvalue weighted by molar-refractivity contribution is -0.143. The number of aryl methyl sites for hydroxylation is 2. The number of amides is 1. The number of carbonyl (C=O) groups is 2. The highest BCUT2D eigenvalue weighted by Crippen LogP contribution is 2.27. The van der Waals surface area contributed by atoms with E-state index in [2.05, 4.69) is 4.98 Å². The predicted molar refractivity (Wildman–Crippen MR) is 77.0 cm³/mol. The Labute approximate surface area is 122 Å². The van der Waals surface area contributed by atoms with E-state index in [1.54, 1.807) is 6.92 Å². The van der Waals surface area contributed by atoms with Crippen molar-refractivity contribution in [2.24, 2.45) is 11.8 Å². The molecule has 1 amide bonds. The fourth-order valence-corrected chi connectivity index (χ4v) is 3.57. The van der Waals surface area contributed by atoms with Crippen LogP contribution in [0.25, 0.3) is 0 Å². The Kier molecular flexibility index (Phi) is 4.42. The minimum atomic E-state index is -0.747. The van der Waals surface area contributed by atoms with Crippen molar-refractivity contribution >= 4 is 23.2 Å². The lowest BCUT2D eigenvalue weighted by Crippen LogP contribution is -2.40. The summed E-state index contributed by atoms with van der Waals surface area (Å²) in [6.07, 6.45) is 1.52. The van der Waals surface area contributed by atoms with Gasteiger partial charge in [0.05, 0.1) is 16.6 Å². The van der Waals surface area contributed by atoms with Gasteiger partial charge in [-0.1, -0.05) is 6.92 Å². The molecule has 1 saturated heterocycles. The summed E-state index contributed by atoms with van der Waals surface area (Å²) in [6.45, 7) is 6.78. The maximum Gasteiger partial charge on any atom is 0.306 e. The standard InChI is InChI=1S/C14H20N2O3S/c1-8(14(18)19)11-4-6-16(7-5-11)13(17)12-9(2)15-10(3)20-12/h8,11H,4-7H2,1-3H3,(H,18,19)/t8-/m1/s1. The van der Waals surface area contributed by atoms with Crippen LogP contribution in [-0.2, 0) is 4.79 Å².